The molecule has 7 heteroatoms. The number of rotatable bonds is 7. The van der Waals surface area contributed by atoms with Crippen LogP contribution in [0.4, 0.5) is 11.5 Å². The molecule has 2 aromatic rings. The molecule has 3 rings (SSSR count). The van der Waals surface area contributed by atoms with Crippen LogP contribution in [0.15, 0.2) is 42.6 Å². The molecular weight excluding hydrogens is 356 g/mol. The van der Waals surface area contributed by atoms with E-state index in [0.29, 0.717) is 29.4 Å². The number of nitrogens with zero attached hydrogens (tertiary/aromatic N) is 3. The van der Waals surface area contributed by atoms with Gasteiger partial charge < -0.3 is 19.9 Å². The summed E-state index contributed by atoms with van der Waals surface area (Å²) in [6.07, 6.45) is 3.91. The lowest BCUT2D eigenvalue weighted by Crippen LogP contribution is -2.38. The summed E-state index contributed by atoms with van der Waals surface area (Å²) in [7, 11) is 1.57. The van der Waals surface area contributed by atoms with Crippen molar-refractivity contribution in [3.63, 3.8) is 0 Å². The number of amides is 2. The number of ether oxygens (including phenoxy) is 1. The normalized spacial score (nSPS) is 13.3. The second-order valence-corrected chi connectivity index (χ2v) is 6.67. The lowest BCUT2D eigenvalue weighted by atomic mass is 10.2. The van der Waals surface area contributed by atoms with Crippen LogP contribution in [0.2, 0.25) is 0 Å². The van der Waals surface area contributed by atoms with E-state index >= 15 is 0 Å². The summed E-state index contributed by atoms with van der Waals surface area (Å²) in [6, 6.07) is 10.7. The van der Waals surface area contributed by atoms with E-state index in [2.05, 4.69) is 15.2 Å². The molecule has 0 radical (unpaired) electrons. The minimum absolute atomic E-state index is 0.0269. The first-order chi connectivity index (χ1) is 13.6. The molecule has 0 saturated carbocycles. The van der Waals surface area contributed by atoms with Crippen LogP contribution in [0.5, 0.6) is 5.75 Å². The fourth-order valence-electron chi connectivity index (χ4n) is 3.32. The van der Waals surface area contributed by atoms with Crippen molar-refractivity contribution in [1.29, 1.82) is 0 Å². The van der Waals surface area contributed by atoms with E-state index in [1.807, 2.05) is 6.92 Å². The molecule has 0 bridgehead atoms. The number of aromatic nitrogens is 1. The van der Waals surface area contributed by atoms with Crippen LogP contribution < -0.4 is 15.0 Å². The van der Waals surface area contributed by atoms with E-state index in [1.54, 1.807) is 49.7 Å². The molecule has 2 amide bonds. The summed E-state index contributed by atoms with van der Waals surface area (Å²) in [5.41, 5.74) is 1.17. The van der Waals surface area contributed by atoms with Gasteiger partial charge in [-0.25, -0.2) is 4.98 Å². The molecule has 7 nitrogen and oxygen atoms in total. The molecule has 1 saturated heterocycles. The second kappa shape index (κ2) is 9.21. The van der Waals surface area contributed by atoms with Crippen molar-refractivity contribution in [3.8, 4) is 5.75 Å². The molecule has 1 aliphatic heterocycles. The zero-order chi connectivity index (χ0) is 19.9. The molecule has 0 spiro atoms. The number of carbonyl (C=O) groups is 2. The van der Waals surface area contributed by atoms with E-state index in [0.717, 1.165) is 25.9 Å². The van der Waals surface area contributed by atoms with E-state index in [9.17, 15) is 9.59 Å². The average molecular weight is 382 g/mol. The van der Waals surface area contributed by atoms with Gasteiger partial charge in [-0.05, 0) is 44.0 Å². The number of benzene rings is 1. The van der Waals surface area contributed by atoms with Gasteiger partial charge in [0.25, 0.3) is 5.91 Å². The highest BCUT2D eigenvalue weighted by Crippen LogP contribution is 2.23. The summed E-state index contributed by atoms with van der Waals surface area (Å²) in [4.78, 5) is 33.7. The Kier molecular flexibility index (Phi) is 6.47. The zero-order valence-corrected chi connectivity index (χ0v) is 16.4. The molecule has 0 aliphatic carbocycles. The Hall–Kier alpha value is -3.09. The second-order valence-electron chi connectivity index (χ2n) is 6.67. The molecule has 1 fully saturated rings. The Labute approximate surface area is 165 Å². The van der Waals surface area contributed by atoms with Gasteiger partial charge in [-0.2, -0.15) is 0 Å². The van der Waals surface area contributed by atoms with Gasteiger partial charge in [0.15, 0.2) is 0 Å². The van der Waals surface area contributed by atoms with Crippen LogP contribution in [0.3, 0.4) is 0 Å². The monoisotopic (exact) mass is 382 g/mol. The van der Waals surface area contributed by atoms with Crippen molar-refractivity contribution in [3.05, 3.63) is 48.2 Å². The van der Waals surface area contributed by atoms with Crippen molar-refractivity contribution in [2.45, 2.75) is 19.8 Å². The topological polar surface area (TPSA) is 74.8 Å². The maximum absolute atomic E-state index is 13.1. The number of carbonyl (C=O) groups excluding carboxylic acids is 2. The number of pyridine rings is 1. The molecule has 1 aromatic heterocycles. The first kappa shape index (κ1) is 19.7. The number of methoxy groups -OCH3 is 1. The first-order valence-corrected chi connectivity index (χ1v) is 9.55. The molecule has 148 valence electrons. The number of nitrogens with one attached hydrogen (secondary N) is 1. The number of likely N-dealkylation sites (N-methyl/N-ethyl adjacent to an activating group) is 1. The standard InChI is InChI=1S/C21H26N4O3/c1-3-24(15-19(26)23-16-8-6-9-17(14-16)28-2)21(27)18-10-7-11-22-20(18)25-12-4-5-13-25/h6-11,14H,3-5,12-13,15H2,1-2H3,(H,23,26). The highest BCUT2D eigenvalue weighted by atomic mass is 16.5. The molecule has 0 atom stereocenters. The fourth-order valence-corrected chi connectivity index (χ4v) is 3.32. The smallest absolute Gasteiger partial charge is 0.258 e. The largest absolute Gasteiger partial charge is 0.497 e. The Morgan fingerprint density at radius 3 is 2.71 bits per heavy atom. The molecule has 1 aliphatic rings. The maximum atomic E-state index is 13.1. The third-order valence-electron chi connectivity index (χ3n) is 4.78. The lowest BCUT2D eigenvalue weighted by molar-refractivity contribution is -0.116. The third kappa shape index (κ3) is 4.60. The van der Waals surface area contributed by atoms with Crippen LogP contribution in [0.25, 0.3) is 0 Å². The van der Waals surface area contributed by atoms with Gasteiger partial charge in [-0.1, -0.05) is 6.07 Å². The van der Waals surface area contributed by atoms with Gasteiger partial charge >= 0.3 is 0 Å². The SMILES string of the molecule is CCN(CC(=O)Nc1cccc(OC)c1)C(=O)c1cccnc1N1CCCC1. The molecule has 0 unspecified atom stereocenters. The van der Waals surface area contributed by atoms with Crippen LogP contribution >= 0.6 is 0 Å². The van der Waals surface area contributed by atoms with Crippen molar-refractivity contribution >= 4 is 23.3 Å². The van der Waals surface area contributed by atoms with Crippen LogP contribution in [-0.4, -0.2) is 55.0 Å². The summed E-state index contributed by atoms with van der Waals surface area (Å²) < 4.78 is 5.17. The van der Waals surface area contributed by atoms with Crippen molar-refractivity contribution in [2.24, 2.45) is 0 Å². The molecule has 28 heavy (non-hydrogen) atoms. The van der Waals surface area contributed by atoms with Crippen molar-refractivity contribution in [1.82, 2.24) is 9.88 Å². The van der Waals surface area contributed by atoms with Crippen molar-refractivity contribution in [2.75, 3.05) is 43.5 Å². The highest BCUT2D eigenvalue weighted by Gasteiger charge is 2.24. The Morgan fingerprint density at radius 1 is 1.21 bits per heavy atom. The minimum atomic E-state index is -0.255. The van der Waals surface area contributed by atoms with Gasteiger partial charge in [0.05, 0.1) is 12.7 Å². The Bertz CT molecular complexity index is 834. The predicted molar refractivity (Wildman–Crippen MR) is 109 cm³/mol. The molecular formula is C21H26N4O3. The quantitative estimate of drug-likeness (QED) is 0.797. The lowest BCUT2D eigenvalue weighted by Gasteiger charge is -2.24. The minimum Gasteiger partial charge on any atom is -0.497 e. The maximum Gasteiger partial charge on any atom is 0.258 e. The van der Waals surface area contributed by atoms with Crippen molar-refractivity contribution < 1.29 is 14.3 Å². The summed E-state index contributed by atoms with van der Waals surface area (Å²) in [5, 5.41) is 2.82. The van der Waals surface area contributed by atoms with E-state index in [4.69, 9.17) is 4.74 Å². The Morgan fingerprint density at radius 2 is 2.00 bits per heavy atom. The fraction of sp³-hybridized carbons (Fsp3) is 0.381. The highest BCUT2D eigenvalue weighted by molar-refractivity contribution is 6.02. The Balaban J connectivity index is 1.71. The number of anilines is 2. The van der Waals surface area contributed by atoms with Gasteiger partial charge in [0.1, 0.15) is 18.1 Å². The summed E-state index contributed by atoms with van der Waals surface area (Å²) in [5.74, 6) is 0.928. The van der Waals surface area contributed by atoms with E-state index in [1.165, 1.54) is 4.90 Å². The van der Waals surface area contributed by atoms with Gasteiger partial charge in [-0.15, -0.1) is 0 Å². The zero-order valence-electron chi connectivity index (χ0n) is 16.4. The summed E-state index contributed by atoms with van der Waals surface area (Å²) >= 11 is 0. The van der Waals surface area contributed by atoms with Crippen LogP contribution in [0, 0.1) is 0 Å². The molecule has 1 N–H and O–H groups in total. The molecule has 1 aromatic carbocycles. The first-order valence-electron chi connectivity index (χ1n) is 9.55. The predicted octanol–water partition coefficient (Wildman–Crippen LogP) is 2.79. The van der Waals surface area contributed by atoms with Gasteiger partial charge in [0.2, 0.25) is 5.91 Å². The van der Waals surface area contributed by atoms with Crippen LogP contribution in [-0.2, 0) is 4.79 Å². The van der Waals surface area contributed by atoms with Crippen LogP contribution in [0.1, 0.15) is 30.1 Å². The van der Waals surface area contributed by atoms with E-state index in [-0.39, 0.29) is 18.4 Å². The number of hydrogen-bond donors (Lipinski definition) is 1. The molecule has 2 heterocycles. The van der Waals surface area contributed by atoms with E-state index < -0.39 is 0 Å². The summed E-state index contributed by atoms with van der Waals surface area (Å²) in [6.45, 7) is 4.07. The van der Waals surface area contributed by atoms with Gasteiger partial charge in [-0.3, -0.25) is 9.59 Å². The third-order valence-corrected chi connectivity index (χ3v) is 4.78. The number of hydrogen-bond acceptors (Lipinski definition) is 5. The van der Waals surface area contributed by atoms with Gasteiger partial charge in [0, 0.05) is 37.6 Å². The average Bonchev–Trinajstić information content (AvgIpc) is 3.26.